The molecule has 0 bridgehead atoms. The van der Waals surface area contributed by atoms with Gasteiger partial charge in [-0.2, -0.15) is 0 Å². The van der Waals surface area contributed by atoms with Crippen molar-refractivity contribution in [2.75, 3.05) is 12.3 Å². The lowest BCUT2D eigenvalue weighted by Gasteiger charge is -2.19. The van der Waals surface area contributed by atoms with Gasteiger partial charge in [-0.1, -0.05) is 24.3 Å². The Labute approximate surface area is 128 Å². The first kappa shape index (κ1) is 14.2. The molecule has 3 N–H and O–H groups in total. The van der Waals surface area contributed by atoms with Crippen LogP contribution in [0.2, 0.25) is 0 Å². The summed E-state index contributed by atoms with van der Waals surface area (Å²) in [7, 11) is 0. The van der Waals surface area contributed by atoms with Gasteiger partial charge in [0.2, 0.25) is 0 Å². The zero-order valence-corrected chi connectivity index (χ0v) is 12.1. The molecule has 0 aliphatic carbocycles. The molecule has 2 aromatic rings. The normalized spacial score (nSPS) is 14.1. The molecule has 0 fully saturated rings. The minimum Gasteiger partial charge on any atom is -0.493 e. The standard InChI is InChI=1S/C18H17NO3/c19-16-6-2-1-5-14(16)15(11-18(20)21)12-7-8-17-13(10-12)4-3-9-22-17/h1-2,5-8,10-11H,3-4,9,19H2,(H,20,21)/b15-11+. The molecule has 0 atom stereocenters. The molecule has 3 rings (SSSR count). The van der Waals surface area contributed by atoms with E-state index in [-0.39, 0.29) is 0 Å². The fourth-order valence-corrected chi connectivity index (χ4v) is 2.71. The van der Waals surface area contributed by atoms with E-state index in [9.17, 15) is 9.90 Å². The van der Waals surface area contributed by atoms with Crippen LogP contribution in [0.15, 0.2) is 48.5 Å². The largest absolute Gasteiger partial charge is 0.493 e. The van der Waals surface area contributed by atoms with Crippen molar-refractivity contribution in [2.45, 2.75) is 12.8 Å². The van der Waals surface area contributed by atoms with Gasteiger partial charge in [0.15, 0.2) is 0 Å². The van der Waals surface area contributed by atoms with Crippen LogP contribution in [0.25, 0.3) is 5.57 Å². The van der Waals surface area contributed by atoms with Gasteiger partial charge in [0.25, 0.3) is 0 Å². The molecule has 2 aromatic carbocycles. The lowest BCUT2D eigenvalue weighted by molar-refractivity contribution is -0.131. The van der Waals surface area contributed by atoms with E-state index in [1.54, 1.807) is 6.07 Å². The number of para-hydroxylation sites is 1. The summed E-state index contributed by atoms with van der Waals surface area (Å²) in [6.45, 7) is 0.732. The van der Waals surface area contributed by atoms with Crippen LogP contribution in [-0.4, -0.2) is 17.7 Å². The first-order valence-electron chi connectivity index (χ1n) is 7.21. The molecule has 0 saturated heterocycles. The van der Waals surface area contributed by atoms with Gasteiger partial charge in [-0.15, -0.1) is 0 Å². The van der Waals surface area contributed by atoms with Gasteiger partial charge in [0.1, 0.15) is 5.75 Å². The molecule has 4 heteroatoms. The van der Waals surface area contributed by atoms with Crippen molar-refractivity contribution in [1.82, 2.24) is 0 Å². The fourth-order valence-electron chi connectivity index (χ4n) is 2.71. The summed E-state index contributed by atoms with van der Waals surface area (Å²) in [5, 5.41) is 9.19. The van der Waals surface area contributed by atoms with Gasteiger partial charge in [0, 0.05) is 17.3 Å². The summed E-state index contributed by atoms with van der Waals surface area (Å²) >= 11 is 0. The van der Waals surface area contributed by atoms with Gasteiger partial charge in [0.05, 0.1) is 6.61 Å². The van der Waals surface area contributed by atoms with Crippen LogP contribution < -0.4 is 10.5 Å². The Bertz CT molecular complexity index is 750. The second-order valence-corrected chi connectivity index (χ2v) is 5.26. The third-order valence-corrected chi connectivity index (χ3v) is 3.74. The third kappa shape index (κ3) is 2.81. The quantitative estimate of drug-likeness (QED) is 0.674. The van der Waals surface area contributed by atoms with E-state index in [1.165, 1.54) is 6.08 Å². The predicted octanol–water partition coefficient (Wildman–Crippen LogP) is 3.11. The molecule has 1 heterocycles. The number of carboxylic acid groups (broad SMARTS) is 1. The molecule has 22 heavy (non-hydrogen) atoms. The lowest BCUT2D eigenvalue weighted by Crippen LogP contribution is -2.08. The molecular weight excluding hydrogens is 278 g/mol. The first-order valence-corrected chi connectivity index (χ1v) is 7.21. The summed E-state index contributed by atoms with van der Waals surface area (Å²) in [5.41, 5.74) is 9.85. The number of fused-ring (bicyclic) bond motifs is 1. The number of hydrogen-bond donors (Lipinski definition) is 2. The van der Waals surface area contributed by atoms with E-state index in [2.05, 4.69) is 0 Å². The molecular formula is C18H17NO3. The highest BCUT2D eigenvalue weighted by Gasteiger charge is 2.15. The van der Waals surface area contributed by atoms with Crippen molar-refractivity contribution in [3.05, 3.63) is 65.2 Å². The number of aryl methyl sites for hydroxylation is 1. The van der Waals surface area contributed by atoms with Crippen LogP contribution in [0.4, 0.5) is 5.69 Å². The van der Waals surface area contributed by atoms with Crippen LogP contribution in [-0.2, 0) is 11.2 Å². The highest BCUT2D eigenvalue weighted by atomic mass is 16.5. The Morgan fingerprint density at radius 3 is 2.82 bits per heavy atom. The topological polar surface area (TPSA) is 72.6 Å². The minimum absolute atomic E-state index is 0.559. The SMILES string of the molecule is Nc1ccccc1/C(=C/C(=O)O)c1ccc2c(c1)CCCO2. The fraction of sp³-hybridized carbons (Fsp3) is 0.167. The maximum atomic E-state index is 11.2. The van der Waals surface area contributed by atoms with E-state index >= 15 is 0 Å². The molecule has 0 saturated carbocycles. The summed E-state index contributed by atoms with van der Waals surface area (Å²) < 4.78 is 5.61. The van der Waals surface area contributed by atoms with Gasteiger partial charge in [-0.25, -0.2) is 4.79 Å². The monoisotopic (exact) mass is 295 g/mol. The molecule has 1 aliphatic rings. The van der Waals surface area contributed by atoms with E-state index in [1.807, 2.05) is 36.4 Å². The summed E-state index contributed by atoms with van der Waals surface area (Å²) in [4.78, 5) is 11.2. The second kappa shape index (κ2) is 5.93. The van der Waals surface area contributed by atoms with Crippen molar-refractivity contribution < 1.29 is 14.6 Å². The average molecular weight is 295 g/mol. The number of carboxylic acids is 1. The van der Waals surface area contributed by atoms with Gasteiger partial charge in [-0.05, 0) is 47.7 Å². The minimum atomic E-state index is -0.993. The molecule has 112 valence electrons. The van der Waals surface area contributed by atoms with Crippen molar-refractivity contribution in [3.63, 3.8) is 0 Å². The van der Waals surface area contributed by atoms with Gasteiger partial charge in [-0.3, -0.25) is 0 Å². The van der Waals surface area contributed by atoms with E-state index in [4.69, 9.17) is 10.5 Å². The van der Waals surface area contributed by atoms with Gasteiger partial charge >= 0.3 is 5.97 Å². The highest BCUT2D eigenvalue weighted by Crippen LogP contribution is 2.32. The molecule has 0 unspecified atom stereocenters. The Morgan fingerprint density at radius 1 is 1.23 bits per heavy atom. The number of nitrogens with two attached hydrogens (primary N) is 1. The molecule has 4 nitrogen and oxygen atoms in total. The Balaban J connectivity index is 2.11. The number of benzene rings is 2. The number of nitrogen functional groups attached to an aromatic ring is 1. The Morgan fingerprint density at radius 2 is 2.05 bits per heavy atom. The Kier molecular flexibility index (Phi) is 3.83. The van der Waals surface area contributed by atoms with Crippen molar-refractivity contribution >= 4 is 17.2 Å². The van der Waals surface area contributed by atoms with Crippen LogP contribution >= 0.6 is 0 Å². The molecule has 0 aromatic heterocycles. The number of ether oxygens (including phenoxy) is 1. The smallest absolute Gasteiger partial charge is 0.328 e. The van der Waals surface area contributed by atoms with Crippen LogP contribution in [0.1, 0.15) is 23.1 Å². The molecule has 0 amide bonds. The van der Waals surface area contributed by atoms with Crippen LogP contribution in [0.5, 0.6) is 5.75 Å². The predicted molar refractivity (Wildman–Crippen MR) is 85.8 cm³/mol. The summed E-state index contributed by atoms with van der Waals surface area (Å²) in [6.07, 6.45) is 3.12. The van der Waals surface area contributed by atoms with E-state index < -0.39 is 5.97 Å². The average Bonchev–Trinajstić information content (AvgIpc) is 2.53. The zero-order valence-electron chi connectivity index (χ0n) is 12.1. The van der Waals surface area contributed by atoms with Gasteiger partial charge < -0.3 is 15.6 Å². The maximum Gasteiger partial charge on any atom is 0.328 e. The van der Waals surface area contributed by atoms with E-state index in [0.717, 1.165) is 41.9 Å². The Hall–Kier alpha value is -2.75. The maximum absolute atomic E-state index is 11.2. The van der Waals surface area contributed by atoms with E-state index in [0.29, 0.717) is 11.3 Å². The molecule has 0 radical (unpaired) electrons. The number of aliphatic carboxylic acids is 1. The third-order valence-electron chi connectivity index (χ3n) is 3.74. The lowest BCUT2D eigenvalue weighted by atomic mass is 9.93. The number of anilines is 1. The first-order chi connectivity index (χ1) is 10.6. The molecule has 0 spiro atoms. The molecule has 1 aliphatic heterocycles. The van der Waals surface area contributed by atoms with Crippen LogP contribution in [0, 0.1) is 0 Å². The highest BCUT2D eigenvalue weighted by molar-refractivity contribution is 5.97. The zero-order chi connectivity index (χ0) is 15.5. The number of carbonyl (C=O) groups is 1. The summed E-state index contributed by atoms with van der Waals surface area (Å²) in [6, 6.07) is 13.1. The van der Waals surface area contributed by atoms with Crippen molar-refractivity contribution in [3.8, 4) is 5.75 Å². The van der Waals surface area contributed by atoms with Crippen LogP contribution in [0.3, 0.4) is 0 Å². The second-order valence-electron chi connectivity index (χ2n) is 5.26. The number of rotatable bonds is 3. The number of hydrogen-bond acceptors (Lipinski definition) is 3. The van der Waals surface area contributed by atoms with Crippen molar-refractivity contribution in [1.29, 1.82) is 0 Å². The summed E-state index contributed by atoms with van der Waals surface area (Å²) in [5.74, 6) is -0.113. The van der Waals surface area contributed by atoms with Crippen molar-refractivity contribution in [2.24, 2.45) is 0 Å².